The van der Waals surface area contributed by atoms with Crippen LogP contribution in [0.4, 0.5) is 5.69 Å². The van der Waals surface area contributed by atoms with E-state index in [9.17, 15) is 14.7 Å². The van der Waals surface area contributed by atoms with Crippen LogP contribution >= 0.6 is 0 Å². The van der Waals surface area contributed by atoms with Crippen molar-refractivity contribution in [3.63, 3.8) is 0 Å². The molecule has 1 N–H and O–H groups in total. The summed E-state index contributed by atoms with van der Waals surface area (Å²) in [5.74, 6) is -0.207. The molecule has 0 saturated heterocycles. The van der Waals surface area contributed by atoms with Gasteiger partial charge in [-0.3, -0.25) is 4.99 Å². The van der Waals surface area contributed by atoms with E-state index in [-0.39, 0.29) is 17.3 Å². The Hall–Kier alpha value is -2.89. The van der Waals surface area contributed by atoms with Crippen LogP contribution in [0.2, 0.25) is 0 Å². The van der Waals surface area contributed by atoms with Crippen LogP contribution in [0.15, 0.2) is 44.5 Å². The Bertz CT molecular complexity index is 994. The maximum Gasteiger partial charge on any atom is 0.348 e. The van der Waals surface area contributed by atoms with Gasteiger partial charge in [0.15, 0.2) is 0 Å². The quantitative estimate of drug-likeness (QED) is 0.116. The zero-order valence-corrected chi connectivity index (χ0v) is 22.8. The smallest absolute Gasteiger partial charge is 0.348 e. The van der Waals surface area contributed by atoms with E-state index < -0.39 is 5.63 Å². The van der Waals surface area contributed by atoms with E-state index in [0.29, 0.717) is 23.6 Å². The van der Waals surface area contributed by atoms with Crippen LogP contribution in [0.25, 0.3) is 0 Å². The van der Waals surface area contributed by atoms with Crippen molar-refractivity contribution in [3.05, 3.63) is 57.6 Å². The number of aliphatic imine (C=N–C) groups is 1. The maximum absolute atomic E-state index is 12.3. The van der Waals surface area contributed by atoms with Crippen molar-refractivity contribution in [2.24, 2.45) is 4.99 Å². The highest BCUT2D eigenvalue weighted by atomic mass is 16.5. The number of nitrogens with zero attached hydrogens (tertiary/aromatic N) is 1. The first-order valence-electron chi connectivity index (χ1n) is 14.2. The predicted molar refractivity (Wildman–Crippen MR) is 150 cm³/mol. The molecule has 0 radical (unpaired) electrons. The molecule has 2 rings (SSSR count). The predicted octanol–water partition coefficient (Wildman–Crippen LogP) is 8.43. The Labute approximate surface area is 222 Å². The van der Waals surface area contributed by atoms with Crippen molar-refractivity contribution in [3.8, 4) is 5.75 Å². The van der Waals surface area contributed by atoms with E-state index in [1.807, 2.05) is 0 Å². The standard InChI is InChI=1S/C31H45NO5/c1-3-4-5-6-7-8-9-10-11-12-13-14-15-16-17-22-36-30(34)26-18-20-27(21-19-26)32-24-28-29(33)23-25(2)37-31(28)35/h18-21,23-24,33H,3-17,22H2,1-2H3. The number of hydrogen-bond donors (Lipinski definition) is 1. The van der Waals surface area contributed by atoms with Gasteiger partial charge in [-0.2, -0.15) is 0 Å². The summed E-state index contributed by atoms with van der Waals surface area (Å²) >= 11 is 0. The van der Waals surface area contributed by atoms with Crippen LogP contribution in [-0.4, -0.2) is 23.9 Å². The Morgan fingerprint density at radius 2 is 1.38 bits per heavy atom. The third kappa shape index (κ3) is 12.8. The first-order chi connectivity index (χ1) is 18.0. The highest BCUT2D eigenvalue weighted by molar-refractivity contribution is 5.90. The minimum Gasteiger partial charge on any atom is -0.507 e. The monoisotopic (exact) mass is 511 g/mol. The van der Waals surface area contributed by atoms with Gasteiger partial charge in [0.25, 0.3) is 0 Å². The van der Waals surface area contributed by atoms with Gasteiger partial charge in [-0.25, -0.2) is 9.59 Å². The number of carbonyl (C=O) groups is 1. The molecule has 2 aromatic rings. The lowest BCUT2D eigenvalue weighted by atomic mass is 10.0. The maximum atomic E-state index is 12.3. The molecular weight excluding hydrogens is 466 g/mol. The van der Waals surface area contributed by atoms with Crippen LogP contribution in [0.1, 0.15) is 125 Å². The van der Waals surface area contributed by atoms with Gasteiger partial charge in [0.1, 0.15) is 17.1 Å². The SMILES string of the molecule is CCCCCCCCCCCCCCCCCOC(=O)c1ccc(N=Cc2c(O)cc(C)oc2=O)cc1. The Morgan fingerprint density at radius 3 is 1.89 bits per heavy atom. The number of hydrogen-bond acceptors (Lipinski definition) is 6. The number of rotatable bonds is 19. The number of aromatic hydroxyl groups is 1. The second-order valence-electron chi connectivity index (χ2n) is 9.83. The fourth-order valence-corrected chi connectivity index (χ4v) is 4.27. The minimum atomic E-state index is -0.653. The largest absolute Gasteiger partial charge is 0.507 e. The highest BCUT2D eigenvalue weighted by Crippen LogP contribution is 2.17. The molecule has 0 atom stereocenters. The lowest BCUT2D eigenvalue weighted by molar-refractivity contribution is 0.0497. The molecule has 0 aliphatic heterocycles. The highest BCUT2D eigenvalue weighted by Gasteiger charge is 2.08. The molecule has 0 amide bonds. The Morgan fingerprint density at radius 1 is 0.865 bits per heavy atom. The van der Waals surface area contributed by atoms with Gasteiger partial charge in [-0.1, -0.05) is 96.8 Å². The Balaban J connectivity index is 1.51. The topological polar surface area (TPSA) is 89.1 Å². The number of esters is 1. The summed E-state index contributed by atoms with van der Waals surface area (Å²) in [5, 5.41) is 9.89. The molecule has 0 fully saturated rings. The van der Waals surface area contributed by atoms with Crippen molar-refractivity contribution in [2.45, 2.75) is 110 Å². The van der Waals surface area contributed by atoms with Crippen molar-refractivity contribution in [1.29, 1.82) is 0 Å². The summed E-state index contributed by atoms with van der Waals surface area (Å²) in [6.07, 6.45) is 20.8. The van der Waals surface area contributed by atoms with Gasteiger partial charge < -0.3 is 14.3 Å². The van der Waals surface area contributed by atoms with Crippen molar-refractivity contribution in [2.75, 3.05) is 6.61 Å². The summed E-state index contributed by atoms with van der Waals surface area (Å²) in [6, 6.07) is 7.96. The third-order valence-corrected chi connectivity index (χ3v) is 6.52. The van der Waals surface area contributed by atoms with E-state index in [0.717, 1.165) is 12.8 Å². The van der Waals surface area contributed by atoms with E-state index in [4.69, 9.17) is 9.15 Å². The van der Waals surface area contributed by atoms with E-state index in [1.165, 1.54) is 95.8 Å². The number of carbonyl (C=O) groups excluding carboxylic acids is 1. The fourth-order valence-electron chi connectivity index (χ4n) is 4.27. The van der Waals surface area contributed by atoms with Gasteiger partial charge in [-0.15, -0.1) is 0 Å². The van der Waals surface area contributed by atoms with Crippen molar-refractivity contribution < 1.29 is 19.1 Å². The molecule has 0 aliphatic rings. The van der Waals surface area contributed by atoms with Crippen LogP contribution in [0, 0.1) is 6.92 Å². The lowest BCUT2D eigenvalue weighted by Crippen LogP contribution is -2.07. The Kier molecular flexibility index (Phi) is 15.1. The summed E-state index contributed by atoms with van der Waals surface area (Å²) < 4.78 is 10.4. The lowest BCUT2D eigenvalue weighted by Gasteiger charge is -2.06. The molecule has 1 aromatic heterocycles. The average molecular weight is 512 g/mol. The van der Waals surface area contributed by atoms with Crippen molar-refractivity contribution >= 4 is 17.9 Å². The van der Waals surface area contributed by atoms with E-state index in [2.05, 4.69) is 11.9 Å². The summed E-state index contributed by atoms with van der Waals surface area (Å²) in [7, 11) is 0. The molecule has 0 unspecified atom stereocenters. The molecule has 204 valence electrons. The zero-order valence-electron chi connectivity index (χ0n) is 22.8. The molecule has 6 heteroatoms. The molecule has 0 bridgehead atoms. The fraction of sp³-hybridized carbons (Fsp3) is 0.581. The summed E-state index contributed by atoms with van der Waals surface area (Å²) in [4.78, 5) is 28.3. The second kappa shape index (κ2) is 18.4. The molecule has 0 saturated carbocycles. The molecular formula is C31H45NO5. The minimum absolute atomic E-state index is 0.0161. The molecule has 6 nitrogen and oxygen atoms in total. The van der Waals surface area contributed by atoms with E-state index in [1.54, 1.807) is 31.2 Å². The van der Waals surface area contributed by atoms with E-state index >= 15 is 0 Å². The normalized spacial score (nSPS) is 11.3. The van der Waals surface area contributed by atoms with Crippen LogP contribution < -0.4 is 5.63 Å². The van der Waals surface area contributed by atoms with Gasteiger partial charge in [0.2, 0.25) is 0 Å². The van der Waals surface area contributed by atoms with Gasteiger partial charge in [-0.05, 0) is 37.6 Å². The van der Waals surface area contributed by atoms with Gasteiger partial charge >= 0.3 is 11.6 Å². The van der Waals surface area contributed by atoms with Crippen LogP contribution in [-0.2, 0) is 4.74 Å². The number of benzene rings is 1. The molecule has 1 aromatic carbocycles. The average Bonchev–Trinajstić information content (AvgIpc) is 2.88. The molecule has 1 heterocycles. The van der Waals surface area contributed by atoms with Crippen LogP contribution in [0.3, 0.4) is 0 Å². The van der Waals surface area contributed by atoms with Gasteiger partial charge in [0.05, 0.1) is 17.9 Å². The summed E-state index contributed by atoms with van der Waals surface area (Å²) in [5.41, 5.74) is 0.328. The number of unbranched alkanes of at least 4 members (excludes halogenated alkanes) is 14. The van der Waals surface area contributed by atoms with Gasteiger partial charge in [0, 0.05) is 12.3 Å². The number of aryl methyl sites for hydroxylation is 1. The third-order valence-electron chi connectivity index (χ3n) is 6.52. The van der Waals surface area contributed by atoms with Crippen LogP contribution in [0.5, 0.6) is 5.75 Å². The number of ether oxygens (including phenoxy) is 1. The second-order valence-corrected chi connectivity index (χ2v) is 9.83. The summed E-state index contributed by atoms with van der Waals surface area (Å²) in [6.45, 7) is 4.28. The molecule has 0 aliphatic carbocycles. The first-order valence-corrected chi connectivity index (χ1v) is 14.2. The zero-order chi connectivity index (χ0) is 26.7. The first kappa shape index (κ1) is 30.3. The molecule has 37 heavy (non-hydrogen) atoms. The molecule has 0 spiro atoms. The van der Waals surface area contributed by atoms with Crippen molar-refractivity contribution in [1.82, 2.24) is 0 Å².